The van der Waals surface area contributed by atoms with Crippen LogP contribution < -0.4 is 5.46 Å². The third-order valence-electron chi connectivity index (χ3n) is 18.3. The Morgan fingerprint density at radius 2 is 0.769 bits per heavy atom. The molecule has 14 nitrogen and oxygen atoms in total. The number of furan rings is 6. The number of fused-ring (bicyclic) bond motifs is 18. The molecule has 12 aromatic heterocycles. The lowest BCUT2D eigenvalue weighted by molar-refractivity contribution is 0.00578. The number of rotatable bonds is 3. The van der Waals surface area contributed by atoms with Crippen molar-refractivity contribution in [3.05, 3.63) is 293 Å². The van der Waals surface area contributed by atoms with E-state index in [2.05, 4.69) is 135 Å². The van der Waals surface area contributed by atoms with Gasteiger partial charge in [-0.05, 0) is 208 Å². The lowest BCUT2D eigenvalue weighted by Gasteiger charge is -2.32. The molecule has 1 aliphatic heterocycles. The van der Waals surface area contributed by atoms with Crippen molar-refractivity contribution in [3.8, 4) is 22.3 Å². The number of halogens is 4. The SMILES string of the molecule is Brc1cccc(-c2ccc3oc4cccnc4c3c2)c1.CC1(C)OB(c2ccc3oc4cccnc4c3c2)OC1(C)C.Cc1ccc2oc3cccnc3c2c1.Clc1cc(-c2ccccc2)cc2c1oc1cccnc12.Clc1ccc2c(c1)oc1cccnc12.Clc1cnc2c(c1)oc1ccccc12. The molecular formula is C85H59BBrCl3N6O8. The Kier molecular flexibility index (Phi) is 18.3. The quantitative estimate of drug-likeness (QED) is 0.153. The summed E-state index contributed by atoms with van der Waals surface area (Å²) in [6, 6.07) is 74.9. The van der Waals surface area contributed by atoms with E-state index >= 15 is 0 Å². The van der Waals surface area contributed by atoms with Gasteiger partial charge in [-0.2, -0.15) is 0 Å². The van der Waals surface area contributed by atoms with E-state index in [1.54, 1.807) is 49.3 Å². The van der Waals surface area contributed by atoms with E-state index < -0.39 is 0 Å². The monoisotopic (exact) mass is 1490 g/mol. The lowest BCUT2D eigenvalue weighted by Crippen LogP contribution is -2.41. The molecule has 0 radical (unpaired) electrons. The molecule has 508 valence electrons. The first-order valence-corrected chi connectivity index (χ1v) is 35.3. The largest absolute Gasteiger partial charge is 0.494 e. The summed E-state index contributed by atoms with van der Waals surface area (Å²) >= 11 is 21.6. The Balaban J connectivity index is 0.0000000970. The summed E-state index contributed by atoms with van der Waals surface area (Å²) in [6.07, 6.45) is 10.5. The van der Waals surface area contributed by atoms with Crippen LogP contribution in [0.25, 0.3) is 155 Å². The summed E-state index contributed by atoms with van der Waals surface area (Å²) < 4.78 is 47.5. The summed E-state index contributed by atoms with van der Waals surface area (Å²) in [5.74, 6) is 0. The third-order valence-corrected chi connectivity index (χ3v) is 19.5. The van der Waals surface area contributed by atoms with Crippen LogP contribution in [-0.2, 0) is 9.31 Å². The topological polar surface area (TPSA) is 175 Å². The molecule has 1 fully saturated rings. The van der Waals surface area contributed by atoms with Crippen molar-refractivity contribution in [2.45, 2.75) is 45.8 Å². The number of hydrogen-bond acceptors (Lipinski definition) is 14. The Morgan fingerprint density at radius 3 is 1.39 bits per heavy atom. The number of para-hydroxylation sites is 1. The predicted molar refractivity (Wildman–Crippen MR) is 423 cm³/mol. The van der Waals surface area contributed by atoms with Crippen LogP contribution in [0, 0.1) is 6.92 Å². The number of nitrogens with zero attached hydrogens (tertiary/aromatic N) is 6. The minimum Gasteiger partial charge on any atom is -0.454 e. The van der Waals surface area contributed by atoms with Gasteiger partial charge in [-0.15, -0.1) is 0 Å². The average Bonchev–Trinajstić information content (AvgIpc) is 1.62. The molecule has 13 heterocycles. The number of pyridine rings is 6. The van der Waals surface area contributed by atoms with Gasteiger partial charge in [-0.25, -0.2) is 0 Å². The molecule has 19 heteroatoms. The van der Waals surface area contributed by atoms with Crippen molar-refractivity contribution < 1.29 is 35.8 Å². The van der Waals surface area contributed by atoms with Crippen LogP contribution in [0.2, 0.25) is 15.1 Å². The maximum Gasteiger partial charge on any atom is 0.494 e. The maximum absolute atomic E-state index is 6.36. The van der Waals surface area contributed by atoms with Crippen LogP contribution in [0.3, 0.4) is 0 Å². The second kappa shape index (κ2) is 28.2. The summed E-state index contributed by atoms with van der Waals surface area (Å²) in [7, 11) is -0.372. The molecule has 0 atom stereocenters. The molecule has 1 saturated heterocycles. The van der Waals surface area contributed by atoms with Crippen molar-refractivity contribution in [1.82, 2.24) is 29.9 Å². The molecule has 0 bridgehead atoms. The highest BCUT2D eigenvalue weighted by Crippen LogP contribution is 2.40. The fraction of sp³-hybridized carbons (Fsp3) is 0.0824. The van der Waals surface area contributed by atoms with E-state index in [1.807, 2.05) is 164 Å². The molecule has 0 aliphatic carbocycles. The molecule has 104 heavy (non-hydrogen) atoms. The third kappa shape index (κ3) is 13.5. The van der Waals surface area contributed by atoms with Crippen LogP contribution in [0.15, 0.2) is 299 Å². The zero-order valence-corrected chi connectivity index (χ0v) is 60.3. The van der Waals surface area contributed by atoms with E-state index in [1.165, 1.54) is 11.1 Å². The van der Waals surface area contributed by atoms with Crippen molar-refractivity contribution >= 4 is 196 Å². The highest BCUT2D eigenvalue weighted by molar-refractivity contribution is 9.10. The lowest BCUT2D eigenvalue weighted by atomic mass is 9.78. The summed E-state index contributed by atoms with van der Waals surface area (Å²) in [6.45, 7) is 10.3. The molecule has 20 aromatic rings. The minimum atomic E-state index is -0.372. The van der Waals surface area contributed by atoms with Crippen molar-refractivity contribution in [3.63, 3.8) is 0 Å². The second-order valence-electron chi connectivity index (χ2n) is 25.8. The van der Waals surface area contributed by atoms with Gasteiger partial charge < -0.3 is 35.8 Å². The molecule has 0 spiro atoms. The summed E-state index contributed by atoms with van der Waals surface area (Å²) in [4.78, 5) is 26.1. The Bertz CT molecular complexity index is 6450. The molecule has 0 amide bonds. The summed E-state index contributed by atoms with van der Waals surface area (Å²) in [5.41, 5.74) is 21.1. The van der Waals surface area contributed by atoms with E-state index in [-0.39, 0.29) is 18.3 Å². The zero-order valence-electron chi connectivity index (χ0n) is 56.4. The van der Waals surface area contributed by atoms with E-state index in [9.17, 15) is 0 Å². The normalized spacial score (nSPS) is 13.1. The first-order valence-electron chi connectivity index (χ1n) is 33.3. The van der Waals surface area contributed by atoms with Crippen molar-refractivity contribution in [2.24, 2.45) is 0 Å². The standard InChI is InChI=1S/C17H18BNO3.C17H10BrNO.C17H10ClNO.C12H9NO.2C11H6ClNO/c1-16(2)17(3,4)22-18(21-16)11-7-8-13-12(10-11)15-14(20-13)6-5-9-19-15;18-13-4-1-3-11(9-13)12-6-7-15-14(10-12)17-16(20-15)5-2-8-19-17;18-14-10-12(11-5-2-1-3-6-11)9-13-16-15(20-17(13)14)7-4-8-19-16;1-8-4-5-10-9(7-8)12-11(14-10)3-2-6-13-12;12-7-3-4-8-10(6-7)14-9-2-1-5-13-11(8)9;12-7-5-10-11(13-6-7)8-3-1-2-4-9(8)14-10/h5-10H,1-4H3;2*1-10H;2-7H,1H3;2*1-6H. The van der Waals surface area contributed by atoms with Gasteiger partial charge in [-0.1, -0.05) is 129 Å². The molecule has 1 aliphatic rings. The van der Waals surface area contributed by atoms with Gasteiger partial charge >= 0.3 is 7.12 Å². The maximum atomic E-state index is 6.36. The van der Waals surface area contributed by atoms with Gasteiger partial charge in [0.2, 0.25) is 0 Å². The fourth-order valence-corrected chi connectivity index (χ4v) is 13.5. The number of benzene rings is 8. The Labute approximate surface area is 618 Å². The minimum absolute atomic E-state index is 0.344. The van der Waals surface area contributed by atoms with Gasteiger partial charge in [0.1, 0.15) is 61.0 Å². The molecule has 8 aromatic carbocycles. The van der Waals surface area contributed by atoms with E-state index in [0.29, 0.717) is 20.7 Å². The van der Waals surface area contributed by atoms with Crippen LogP contribution in [-0.4, -0.2) is 48.2 Å². The van der Waals surface area contributed by atoms with Crippen molar-refractivity contribution in [2.75, 3.05) is 0 Å². The predicted octanol–water partition coefficient (Wildman–Crippen LogP) is 24.6. The first kappa shape index (κ1) is 67.3. The van der Waals surface area contributed by atoms with Gasteiger partial charge in [0.25, 0.3) is 0 Å². The number of aryl methyl sites for hydroxylation is 1. The van der Waals surface area contributed by atoms with Crippen LogP contribution >= 0.6 is 50.7 Å². The highest BCUT2D eigenvalue weighted by atomic mass is 79.9. The van der Waals surface area contributed by atoms with E-state index in [0.717, 1.165) is 153 Å². The highest BCUT2D eigenvalue weighted by Gasteiger charge is 2.51. The van der Waals surface area contributed by atoms with Crippen molar-refractivity contribution in [1.29, 1.82) is 0 Å². The zero-order chi connectivity index (χ0) is 71.2. The van der Waals surface area contributed by atoms with Gasteiger partial charge in [0.05, 0.1) is 21.2 Å². The summed E-state index contributed by atoms with van der Waals surface area (Å²) in [5, 5.41) is 8.00. The average molecular weight is 1490 g/mol. The van der Waals surface area contributed by atoms with Gasteiger partial charge in [0.15, 0.2) is 39.1 Å². The van der Waals surface area contributed by atoms with Crippen LogP contribution in [0.4, 0.5) is 0 Å². The second-order valence-corrected chi connectivity index (χ2v) is 28.0. The van der Waals surface area contributed by atoms with Crippen LogP contribution in [0.1, 0.15) is 33.3 Å². The fourth-order valence-electron chi connectivity index (χ4n) is 12.5. The Hall–Kier alpha value is -11.2. The van der Waals surface area contributed by atoms with E-state index in [4.69, 9.17) is 70.6 Å². The van der Waals surface area contributed by atoms with Gasteiger partial charge in [0, 0.05) is 91.1 Å². The molecule has 0 unspecified atom stereocenters. The molecule has 21 rings (SSSR count). The van der Waals surface area contributed by atoms with Gasteiger partial charge in [-0.3, -0.25) is 29.9 Å². The molecular weight excluding hydrogens is 1430 g/mol. The first-order chi connectivity index (χ1) is 50.5. The van der Waals surface area contributed by atoms with Crippen LogP contribution in [0.5, 0.6) is 0 Å². The smallest absolute Gasteiger partial charge is 0.454 e. The molecule has 0 saturated carbocycles. The number of aromatic nitrogens is 6. The number of hydrogen-bond donors (Lipinski definition) is 0. The Morgan fingerprint density at radius 1 is 0.317 bits per heavy atom. The molecule has 0 N–H and O–H groups in total.